The van der Waals surface area contributed by atoms with E-state index < -0.39 is 18.1 Å². The zero-order chi connectivity index (χ0) is 31.4. The van der Waals surface area contributed by atoms with Crippen molar-refractivity contribution in [2.24, 2.45) is 0 Å². The van der Waals surface area contributed by atoms with E-state index in [2.05, 4.69) is 26.6 Å². The summed E-state index contributed by atoms with van der Waals surface area (Å²) in [4.78, 5) is 15.8. The minimum atomic E-state index is -0.947. The molecule has 0 saturated carbocycles. The van der Waals surface area contributed by atoms with Crippen LogP contribution in [0.15, 0.2) is 24.5 Å². The number of nitriles is 1. The summed E-state index contributed by atoms with van der Waals surface area (Å²) >= 11 is 8.19. The third-order valence-electron chi connectivity index (χ3n) is 8.27. The maximum Gasteiger partial charge on any atom is 0.319 e. The van der Waals surface area contributed by atoms with Crippen molar-refractivity contribution in [3.8, 4) is 23.3 Å². The van der Waals surface area contributed by atoms with Crippen LogP contribution in [0.4, 0.5) is 19.6 Å². The molecule has 6 heterocycles. The maximum absolute atomic E-state index is 14.9. The lowest BCUT2D eigenvalue weighted by molar-refractivity contribution is 0.112. The van der Waals surface area contributed by atoms with Crippen LogP contribution in [-0.2, 0) is 24.5 Å². The first-order valence-corrected chi connectivity index (χ1v) is 15.4. The molecular weight excluding hydrogens is 624 g/mol. The topological polar surface area (TPSA) is 148 Å². The number of fused-ring (bicyclic) bond motifs is 4. The lowest BCUT2D eigenvalue weighted by Crippen LogP contribution is -2.38. The highest BCUT2D eigenvalue weighted by atomic mass is 35.5. The Labute approximate surface area is 265 Å². The van der Waals surface area contributed by atoms with E-state index in [1.807, 2.05) is 24.9 Å². The highest BCUT2D eigenvalue weighted by molar-refractivity contribution is 7.23. The highest BCUT2D eigenvalue weighted by Crippen LogP contribution is 2.48. The molecule has 0 bridgehead atoms. The lowest BCUT2D eigenvalue weighted by atomic mass is 9.94. The Kier molecular flexibility index (Phi) is 7.57. The number of nitrogens with one attached hydrogen (secondary N) is 1. The fraction of sp³-hybridized carbons (Fsp3) is 0.333. The van der Waals surface area contributed by atoms with Gasteiger partial charge in [0.15, 0.2) is 5.82 Å². The number of aromatic nitrogens is 5. The molecule has 4 aromatic heterocycles. The summed E-state index contributed by atoms with van der Waals surface area (Å²) in [5, 5.41) is 22.6. The minimum Gasteiger partial charge on any atom is -0.459 e. The molecule has 3 N–H and O–H groups in total. The number of likely N-dealkylation sites (tertiary alicyclic amines) is 1. The first kappa shape index (κ1) is 29.4. The van der Waals surface area contributed by atoms with E-state index >= 15 is 0 Å². The number of rotatable bonds is 7. The second kappa shape index (κ2) is 11.6. The molecule has 230 valence electrons. The third kappa shape index (κ3) is 5.05. The van der Waals surface area contributed by atoms with E-state index in [1.165, 1.54) is 0 Å². The van der Waals surface area contributed by atoms with Gasteiger partial charge in [-0.3, -0.25) is 9.88 Å². The number of likely N-dealkylation sites (N-methyl/N-ethyl adjacent to an activating group) is 1. The molecule has 3 atom stereocenters. The summed E-state index contributed by atoms with van der Waals surface area (Å²) < 4.78 is 41.5. The lowest BCUT2D eigenvalue weighted by Gasteiger charge is -2.26. The number of hydrogen-bond donors (Lipinski definition) is 2. The number of nitrogens with two attached hydrogens (primary N) is 1. The Hall–Kier alpha value is -4.29. The van der Waals surface area contributed by atoms with Gasteiger partial charge < -0.3 is 20.5 Å². The fourth-order valence-electron chi connectivity index (χ4n) is 6.19. The van der Waals surface area contributed by atoms with Gasteiger partial charge in [0.05, 0.1) is 63.5 Å². The number of ether oxygens (including phenoxy) is 2. The predicted molar refractivity (Wildman–Crippen MR) is 166 cm³/mol. The zero-order valence-corrected chi connectivity index (χ0v) is 25.7. The van der Waals surface area contributed by atoms with Gasteiger partial charge in [0, 0.05) is 29.7 Å². The fourth-order valence-corrected chi connectivity index (χ4v) is 7.45. The van der Waals surface area contributed by atoms with Gasteiger partial charge in [-0.25, -0.2) is 8.78 Å². The molecule has 1 saturated heterocycles. The molecular formula is C30H26ClF2N9O2S. The summed E-state index contributed by atoms with van der Waals surface area (Å²) in [6.07, 6.45) is 1.62. The number of nitrogen functional groups attached to an aromatic ring is 1. The molecule has 0 amide bonds. The molecule has 2 aliphatic heterocycles. The molecule has 0 radical (unpaired) electrons. The summed E-state index contributed by atoms with van der Waals surface area (Å²) in [6.45, 7) is 2.88. The van der Waals surface area contributed by atoms with Crippen LogP contribution in [0.3, 0.4) is 0 Å². The molecule has 1 fully saturated rings. The second-order valence-corrected chi connectivity index (χ2v) is 12.5. The number of thiophene rings is 1. The van der Waals surface area contributed by atoms with Crippen molar-refractivity contribution < 1.29 is 18.3 Å². The van der Waals surface area contributed by atoms with Gasteiger partial charge in [0.25, 0.3) is 0 Å². The van der Waals surface area contributed by atoms with E-state index in [0.717, 1.165) is 28.7 Å². The molecule has 1 aromatic carbocycles. The van der Waals surface area contributed by atoms with Crippen molar-refractivity contribution in [3.05, 3.63) is 57.8 Å². The standard InChI is InChI=1S/C30H26ClF2N9O2S/c1-13(20-6-14(32)10-42(20)2)44-30-39-26-23(29(40-30)37-8-15-4-3-5-38-41-15)18-12-43-11-17(18)21(24(26)31)25-22-16(7-34)28(35)45-27(22)19(33)9-36-25/h3-5,9,13-14,20H,6,8,10-12,35H2,1-2H3,(H,37,39,40)/t13-,14+,20-/m0/s1. The summed E-state index contributed by atoms with van der Waals surface area (Å²) in [5.74, 6) is -0.160. The number of anilines is 2. The van der Waals surface area contributed by atoms with Crippen LogP contribution in [0.1, 0.15) is 35.7 Å². The molecule has 0 unspecified atom stereocenters. The summed E-state index contributed by atoms with van der Waals surface area (Å²) in [7, 11) is 1.86. The van der Waals surface area contributed by atoms with Gasteiger partial charge in [-0.1, -0.05) is 11.6 Å². The van der Waals surface area contributed by atoms with E-state index in [0.29, 0.717) is 53.2 Å². The van der Waals surface area contributed by atoms with Gasteiger partial charge in [0.1, 0.15) is 29.2 Å². The first-order valence-electron chi connectivity index (χ1n) is 14.2. The van der Waals surface area contributed by atoms with E-state index in [4.69, 9.17) is 36.8 Å². The Morgan fingerprint density at radius 2 is 2.13 bits per heavy atom. The average molecular weight is 650 g/mol. The van der Waals surface area contributed by atoms with Crippen molar-refractivity contribution in [3.63, 3.8) is 0 Å². The van der Waals surface area contributed by atoms with Crippen molar-refractivity contribution in [1.82, 2.24) is 30.0 Å². The molecule has 5 aromatic rings. The summed E-state index contributed by atoms with van der Waals surface area (Å²) in [6, 6.07) is 5.56. The third-order valence-corrected chi connectivity index (χ3v) is 9.66. The second-order valence-electron chi connectivity index (χ2n) is 11.1. The normalized spacial score (nSPS) is 18.8. The van der Waals surface area contributed by atoms with Gasteiger partial charge in [-0.15, -0.1) is 11.3 Å². The van der Waals surface area contributed by atoms with Crippen LogP contribution >= 0.6 is 22.9 Å². The quantitative estimate of drug-likeness (QED) is 0.234. The van der Waals surface area contributed by atoms with Crippen LogP contribution in [0, 0.1) is 17.1 Å². The van der Waals surface area contributed by atoms with Gasteiger partial charge in [-0.2, -0.15) is 25.4 Å². The van der Waals surface area contributed by atoms with Gasteiger partial charge in [0.2, 0.25) is 0 Å². The average Bonchev–Trinajstić information content (AvgIpc) is 3.74. The van der Waals surface area contributed by atoms with Crippen molar-refractivity contribution in [2.45, 2.75) is 51.4 Å². The van der Waals surface area contributed by atoms with E-state index in [-0.39, 0.29) is 50.9 Å². The molecule has 2 aliphatic rings. The largest absolute Gasteiger partial charge is 0.459 e. The van der Waals surface area contributed by atoms with Crippen LogP contribution in [0.2, 0.25) is 5.02 Å². The van der Waals surface area contributed by atoms with Crippen LogP contribution in [-0.4, -0.2) is 62.0 Å². The Balaban J connectivity index is 1.43. The Morgan fingerprint density at radius 1 is 1.31 bits per heavy atom. The zero-order valence-electron chi connectivity index (χ0n) is 24.1. The van der Waals surface area contributed by atoms with Crippen molar-refractivity contribution >= 4 is 54.7 Å². The van der Waals surface area contributed by atoms with Crippen molar-refractivity contribution in [2.75, 3.05) is 24.6 Å². The monoisotopic (exact) mass is 649 g/mol. The molecule has 45 heavy (non-hydrogen) atoms. The molecule has 0 aliphatic carbocycles. The molecule has 11 nitrogen and oxygen atoms in total. The SMILES string of the molecule is C[C@H](Oc1nc(NCc2cccnn2)c2c3c(c(-c4ncc(F)c5sc(N)c(C#N)c45)c(Cl)c2n1)COC3)[C@@H]1C[C@@H](F)CN1C. The number of benzene rings is 1. The van der Waals surface area contributed by atoms with Crippen LogP contribution in [0.5, 0.6) is 6.01 Å². The van der Waals surface area contributed by atoms with Gasteiger partial charge >= 0.3 is 6.01 Å². The molecule has 7 rings (SSSR count). The van der Waals surface area contributed by atoms with Crippen molar-refractivity contribution in [1.29, 1.82) is 5.26 Å². The number of nitrogens with zero attached hydrogens (tertiary/aromatic N) is 7. The number of pyridine rings is 1. The summed E-state index contributed by atoms with van der Waals surface area (Å²) in [5.41, 5.74) is 9.51. The van der Waals surface area contributed by atoms with Crippen LogP contribution in [0.25, 0.3) is 32.2 Å². The van der Waals surface area contributed by atoms with Crippen LogP contribution < -0.4 is 15.8 Å². The maximum atomic E-state index is 14.9. The predicted octanol–water partition coefficient (Wildman–Crippen LogP) is 5.39. The Bertz CT molecular complexity index is 2010. The van der Waals surface area contributed by atoms with Gasteiger partial charge in [-0.05, 0) is 43.7 Å². The number of alkyl halides is 1. The minimum absolute atomic E-state index is 0.0359. The smallest absolute Gasteiger partial charge is 0.319 e. The Morgan fingerprint density at radius 3 is 2.87 bits per heavy atom. The number of halogens is 3. The van der Waals surface area contributed by atoms with E-state index in [9.17, 15) is 14.0 Å². The highest BCUT2D eigenvalue weighted by Gasteiger charge is 2.35. The number of hydrogen-bond acceptors (Lipinski definition) is 12. The molecule has 0 spiro atoms. The first-order chi connectivity index (χ1) is 21.7. The molecule has 15 heteroatoms. The van der Waals surface area contributed by atoms with E-state index in [1.54, 1.807) is 12.3 Å².